The van der Waals surface area contributed by atoms with E-state index < -0.39 is 0 Å². The third kappa shape index (κ3) is 3.32. The quantitative estimate of drug-likeness (QED) is 0.666. The molecule has 1 aromatic heterocycles. The molecule has 0 spiro atoms. The molecule has 3 heteroatoms. The fourth-order valence-corrected chi connectivity index (χ4v) is 0.809. The van der Waals surface area contributed by atoms with Gasteiger partial charge in [-0.2, -0.15) is 0 Å². The van der Waals surface area contributed by atoms with Crippen molar-refractivity contribution in [2.24, 2.45) is 5.41 Å². The van der Waals surface area contributed by atoms with Crippen LogP contribution in [0.2, 0.25) is 0 Å². The maximum absolute atomic E-state index is 11.3. The van der Waals surface area contributed by atoms with Gasteiger partial charge in [0, 0.05) is 12.4 Å². The summed E-state index contributed by atoms with van der Waals surface area (Å²) in [5.74, 6) is 0. The van der Waals surface area contributed by atoms with Gasteiger partial charge in [-0.25, -0.2) is 4.79 Å². The molecule has 0 fully saturated rings. The standard InChI is InChI=1S/C10H15NO2/c1-10(2,3)8-13-9(12)11-6-4-5-7-11/h4-7H,8H2,1-3H3. The van der Waals surface area contributed by atoms with Gasteiger partial charge in [0.2, 0.25) is 0 Å². The Labute approximate surface area is 78.3 Å². The Morgan fingerprint density at radius 2 is 1.85 bits per heavy atom. The predicted octanol–water partition coefficient (Wildman–Crippen LogP) is 2.52. The summed E-state index contributed by atoms with van der Waals surface area (Å²) in [6, 6.07) is 3.58. The van der Waals surface area contributed by atoms with E-state index in [4.69, 9.17) is 4.74 Å². The molecule has 0 amide bonds. The van der Waals surface area contributed by atoms with E-state index in [0.29, 0.717) is 6.61 Å². The largest absolute Gasteiger partial charge is 0.448 e. The molecule has 0 saturated heterocycles. The molecule has 0 unspecified atom stereocenters. The first-order chi connectivity index (χ1) is 5.99. The van der Waals surface area contributed by atoms with Gasteiger partial charge in [0.05, 0.1) is 6.61 Å². The van der Waals surface area contributed by atoms with Gasteiger partial charge in [-0.15, -0.1) is 0 Å². The summed E-state index contributed by atoms with van der Waals surface area (Å²) in [5, 5.41) is 0. The second-order valence-corrected chi connectivity index (χ2v) is 4.21. The number of hydrogen-bond acceptors (Lipinski definition) is 2. The summed E-state index contributed by atoms with van der Waals surface area (Å²) < 4.78 is 6.50. The molecule has 0 aliphatic carbocycles. The number of carbonyl (C=O) groups is 1. The van der Waals surface area contributed by atoms with E-state index in [9.17, 15) is 4.79 Å². The van der Waals surface area contributed by atoms with Crippen LogP contribution in [-0.4, -0.2) is 17.3 Å². The lowest BCUT2D eigenvalue weighted by Crippen LogP contribution is -2.20. The summed E-state index contributed by atoms with van der Waals surface area (Å²) in [5.41, 5.74) is 0.0167. The Kier molecular flexibility index (Phi) is 2.76. The molecule has 0 aliphatic rings. The van der Waals surface area contributed by atoms with E-state index >= 15 is 0 Å². The van der Waals surface area contributed by atoms with Crippen molar-refractivity contribution in [1.29, 1.82) is 0 Å². The lowest BCUT2D eigenvalue weighted by Gasteiger charge is -2.17. The fourth-order valence-electron chi connectivity index (χ4n) is 0.809. The summed E-state index contributed by atoms with van der Waals surface area (Å²) in [4.78, 5) is 11.3. The molecular weight excluding hydrogens is 166 g/mol. The van der Waals surface area contributed by atoms with Gasteiger partial charge >= 0.3 is 6.09 Å². The van der Waals surface area contributed by atoms with Crippen LogP contribution in [-0.2, 0) is 4.74 Å². The summed E-state index contributed by atoms with van der Waals surface area (Å²) in [6.45, 7) is 6.51. The summed E-state index contributed by atoms with van der Waals surface area (Å²) in [7, 11) is 0. The Hall–Kier alpha value is -1.25. The molecule has 1 rings (SSSR count). The van der Waals surface area contributed by atoms with Gasteiger partial charge in [0.25, 0.3) is 0 Å². The monoisotopic (exact) mass is 181 g/mol. The summed E-state index contributed by atoms with van der Waals surface area (Å²) in [6.07, 6.45) is 3.02. The molecule has 1 heterocycles. The highest BCUT2D eigenvalue weighted by atomic mass is 16.5. The Morgan fingerprint density at radius 3 is 2.31 bits per heavy atom. The van der Waals surface area contributed by atoms with Crippen molar-refractivity contribution in [3.63, 3.8) is 0 Å². The molecule has 3 nitrogen and oxygen atoms in total. The Balaban J connectivity index is 2.44. The SMILES string of the molecule is CC(C)(C)COC(=O)n1cccc1. The van der Waals surface area contributed by atoms with E-state index in [1.54, 1.807) is 24.5 Å². The fraction of sp³-hybridized carbons (Fsp3) is 0.500. The predicted molar refractivity (Wildman–Crippen MR) is 50.6 cm³/mol. The number of carbonyl (C=O) groups excluding carboxylic acids is 1. The molecule has 0 radical (unpaired) electrons. The third-order valence-corrected chi connectivity index (χ3v) is 1.44. The lowest BCUT2D eigenvalue weighted by molar-refractivity contribution is 0.107. The van der Waals surface area contributed by atoms with Crippen LogP contribution in [0.25, 0.3) is 0 Å². The highest BCUT2D eigenvalue weighted by molar-refractivity contribution is 5.70. The normalized spacial score (nSPS) is 11.3. The Bertz CT molecular complexity index is 270. The number of aromatic nitrogens is 1. The molecule has 0 bridgehead atoms. The van der Waals surface area contributed by atoms with Crippen LogP contribution in [0.5, 0.6) is 0 Å². The van der Waals surface area contributed by atoms with E-state index in [-0.39, 0.29) is 11.5 Å². The van der Waals surface area contributed by atoms with E-state index in [1.165, 1.54) is 4.57 Å². The van der Waals surface area contributed by atoms with Crippen molar-refractivity contribution in [2.45, 2.75) is 20.8 Å². The van der Waals surface area contributed by atoms with E-state index in [0.717, 1.165) is 0 Å². The van der Waals surface area contributed by atoms with Crippen molar-refractivity contribution in [3.05, 3.63) is 24.5 Å². The highest BCUT2D eigenvalue weighted by Gasteiger charge is 2.13. The molecule has 0 aliphatic heterocycles. The van der Waals surface area contributed by atoms with Crippen molar-refractivity contribution in [2.75, 3.05) is 6.61 Å². The van der Waals surface area contributed by atoms with Gasteiger partial charge in [0.15, 0.2) is 0 Å². The van der Waals surface area contributed by atoms with Gasteiger partial charge < -0.3 is 4.74 Å². The van der Waals surface area contributed by atoms with Crippen molar-refractivity contribution in [3.8, 4) is 0 Å². The van der Waals surface area contributed by atoms with Crippen LogP contribution >= 0.6 is 0 Å². The van der Waals surface area contributed by atoms with Crippen LogP contribution in [0.1, 0.15) is 20.8 Å². The maximum Gasteiger partial charge on any atom is 0.417 e. The van der Waals surface area contributed by atoms with E-state index in [2.05, 4.69) is 0 Å². The van der Waals surface area contributed by atoms with Gasteiger partial charge in [-0.05, 0) is 17.5 Å². The molecule has 13 heavy (non-hydrogen) atoms. The first-order valence-corrected chi connectivity index (χ1v) is 4.29. The molecule has 0 N–H and O–H groups in total. The number of hydrogen-bond donors (Lipinski definition) is 0. The van der Waals surface area contributed by atoms with Crippen molar-refractivity contribution >= 4 is 6.09 Å². The minimum absolute atomic E-state index is 0.0167. The molecule has 1 aromatic rings. The molecule has 0 saturated carbocycles. The van der Waals surface area contributed by atoms with Gasteiger partial charge in [-0.3, -0.25) is 4.57 Å². The molecule has 0 aromatic carbocycles. The minimum Gasteiger partial charge on any atom is -0.448 e. The lowest BCUT2D eigenvalue weighted by atomic mass is 9.99. The number of rotatable bonds is 1. The zero-order chi connectivity index (χ0) is 9.90. The van der Waals surface area contributed by atoms with Crippen molar-refractivity contribution < 1.29 is 9.53 Å². The van der Waals surface area contributed by atoms with Crippen molar-refractivity contribution in [1.82, 2.24) is 4.57 Å². The highest BCUT2D eigenvalue weighted by Crippen LogP contribution is 2.13. The topological polar surface area (TPSA) is 31.2 Å². The number of nitrogens with zero attached hydrogens (tertiary/aromatic N) is 1. The zero-order valence-electron chi connectivity index (χ0n) is 8.28. The second kappa shape index (κ2) is 3.64. The van der Waals surface area contributed by atoms with Crippen LogP contribution < -0.4 is 0 Å². The van der Waals surface area contributed by atoms with Crippen LogP contribution in [0.3, 0.4) is 0 Å². The smallest absolute Gasteiger partial charge is 0.417 e. The second-order valence-electron chi connectivity index (χ2n) is 4.21. The number of ether oxygens (including phenoxy) is 1. The van der Waals surface area contributed by atoms with E-state index in [1.807, 2.05) is 20.8 Å². The van der Waals surface area contributed by atoms with Crippen LogP contribution in [0.4, 0.5) is 4.79 Å². The first kappa shape index (κ1) is 9.84. The molecule has 0 atom stereocenters. The zero-order valence-corrected chi connectivity index (χ0v) is 8.28. The summed E-state index contributed by atoms with van der Waals surface area (Å²) >= 11 is 0. The third-order valence-electron chi connectivity index (χ3n) is 1.44. The maximum atomic E-state index is 11.3. The van der Waals surface area contributed by atoms with Gasteiger partial charge in [0.1, 0.15) is 0 Å². The van der Waals surface area contributed by atoms with Crippen LogP contribution in [0, 0.1) is 5.41 Å². The van der Waals surface area contributed by atoms with Crippen LogP contribution in [0.15, 0.2) is 24.5 Å². The molecular formula is C10H15NO2. The Morgan fingerprint density at radius 1 is 1.31 bits per heavy atom. The first-order valence-electron chi connectivity index (χ1n) is 4.29. The average Bonchev–Trinajstić information content (AvgIpc) is 2.50. The van der Waals surface area contributed by atoms with Gasteiger partial charge in [-0.1, -0.05) is 20.8 Å². The average molecular weight is 181 g/mol. The molecule has 72 valence electrons. The minimum atomic E-state index is -0.320.